The van der Waals surface area contributed by atoms with Crippen LogP contribution >= 0.6 is 15.9 Å². The molecule has 1 aliphatic heterocycles. The van der Waals surface area contributed by atoms with Crippen molar-refractivity contribution in [2.75, 3.05) is 0 Å². The molecule has 0 spiro atoms. The zero-order valence-corrected chi connectivity index (χ0v) is 26.0. The summed E-state index contributed by atoms with van der Waals surface area (Å²) < 4.78 is 11.1. The monoisotopic (exact) mass is 616 g/mol. The number of ether oxygens (including phenoxy) is 2. The normalized spacial score (nSPS) is 32.2. The fourth-order valence-electron chi connectivity index (χ4n) is 4.62. The van der Waals surface area contributed by atoms with E-state index >= 15 is 0 Å². The van der Waals surface area contributed by atoms with Crippen LogP contribution in [0.25, 0.3) is 0 Å². The van der Waals surface area contributed by atoms with E-state index < -0.39 is 48.1 Å². The first kappa shape index (κ1) is 35.5. The van der Waals surface area contributed by atoms with Gasteiger partial charge in [0.25, 0.3) is 0 Å². The highest BCUT2D eigenvalue weighted by atomic mass is 79.9. The predicted octanol–water partition coefficient (Wildman–Crippen LogP) is 4.38. The molecule has 0 amide bonds. The Morgan fingerprint density at radius 1 is 1.28 bits per heavy atom. The SMILES string of the molecule is CCC(O)C(C)C(O)C(Br)CC(C)/C=C/C=C(\C)C1OC(=O)CC(O)CCC(C)(O)C(OC(C)=O)/C=C\C1C. The number of halogens is 1. The van der Waals surface area contributed by atoms with Gasteiger partial charge in [-0.1, -0.05) is 67.9 Å². The summed E-state index contributed by atoms with van der Waals surface area (Å²) in [5.41, 5.74) is -0.639. The van der Waals surface area contributed by atoms with E-state index in [0.29, 0.717) is 12.8 Å². The van der Waals surface area contributed by atoms with Gasteiger partial charge in [0, 0.05) is 23.6 Å². The van der Waals surface area contributed by atoms with E-state index in [1.54, 1.807) is 19.1 Å². The van der Waals surface area contributed by atoms with Crippen LogP contribution in [0.15, 0.2) is 36.0 Å². The molecule has 10 atom stereocenters. The third kappa shape index (κ3) is 12.3. The van der Waals surface area contributed by atoms with Crippen LogP contribution in [-0.2, 0) is 19.1 Å². The molecule has 0 bridgehead atoms. The van der Waals surface area contributed by atoms with E-state index in [1.165, 1.54) is 6.92 Å². The van der Waals surface area contributed by atoms with Gasteiger partial charge >= 0.3 is 11.9 Å². The van der Waals surface area contributed by atoms with Crippen molar-refractivity contribution in [2.45, 2.75) is 122 Å². The number of aliphatic hydroxyl groups is 4. The standard InChI is InChI=1S/C30H49BrO8/c1-8-25(34)21(5)28(36)24(31)16-18(2)10-9-11-19(3)29-20(4)12-13-26(38-22(6)32)30(7,37)15-14-23(33)17-27(35)39-29/h9-13,18,20-21,23-26,28-29,33-34,36-37H,8,14-17H2,1-7H3/b10-9+,13-12-,19-11+. The Hall–Kier alpha value is -1.52. The second-order valence-electron chi connectivity index (χ2n) is 11.3. The number of esters is 2. The zero-order valence-electron chi connectivity index (χ0n) is 24.4. The molecule has 224 valence electrons. The van der Waals surface area contributed by atoms with Gasteiger partial charge < -0.3 is 29.9 Å². The fourth-order valence-corrected chi connectivity index (χ4v) is 5.69. The minimum absolute atomic E-state index is 0.122. The minimum Gasteiger partial charge on any atom is -0.457 e. The summed E-state index contributed by atoms with van der Waals surface area (Å²) in [6.07, 6.45) is 6.67. The van der Waals surface area contributed by atoms with Crippen LogP contribution < -0.4 is 0 Å². The maximum Gasteiger partial charge on any atom is 0.309 e. The smallest absolute Gasteiger partial charge is 0.309 e. The van der Waals surface area contributed by atoms with Gasteiger partial charge in [-0.3, -0.25) is 9.59 Å². The van der Waals surface area contributed by atoms with Gasteiger partial charge in [-0.2, -0.15) is 0 Å². The number of carbonyl (C=O) groups is 2. The molecule has 1 rings (SSSR count). The molecule has 0 aromatic rings. The summed E-state index contributed by atoms with van der Waals surface area (Å²) in [5.74, 6) is -1.50. The lowest BCUT2D eigenvalue weighted by atomic mass is 9.88. The van der Waals surface area contributed by atoms with Gasteiger partial charge in [0.05, 0.1) is 24.7 Å². The van der Waals surface area contributed by atoms with E-state index in [2.05, 4.69) is 15.9 Å². The van der Waals surface area contributed by atoms with Crippen LogP contribution in [0.3, 0.4) is 0 Å². The van der Waals surface area contributed by atoms with Crippen molar-refractivity contribution in [1.29, 1.82) is 0 Å². The Kier molecular flexibility index (Phi) is 15.2. The highest BCUT2D eigenvalue weighted by Gasteiger charge is 2.35. The number of allylic oxidation sites excluding steroid dienone is 3. The van der Waals surface area contributed by atoms with Gasteiger partial charge in [0.2, 0.25) is 0 Å². The molecule has 1 aliphatic rings. The molecule has 4 N–H and O–H groups in total. The molecule has 0 saturated heterocycles. The first-order chi connectivity index (χ1) is 18.1. The summed E-state index contributed by atoms with van der Waals surface area (Å²) in [4.78, 5) is 24.1. The Morgan fingerprint density at radius 2 is 1.92 bits per heavy atom. The van der Waals surface area contributed by atoms with E-state index in [4.69, 9.17) is 9.47 Å². The highest BCUT2D eigenvalue weighted by Crippen LogP contribution is 2.28. The minimum atomic E-state index is -1.42. The lowest BCUT2D eigenvalue weighted by Gasteiger charge is -2.32. The largest absolute Gasteiger partial charge is 0.457 e. The molecule has 9 heteroatoms. The molecular weight excluding hydrogens is 568 g/mol. The maximum absolute atomic E-state index is 12.6. The summed E-state index contributed by atoms with van der Waals surface area (Å²) >= 11 is 3.57. The lowest BCUT2D eigenvalue weighted by molar-refractivity contribution is -0.157. The van der Waals surface area contributed by atoms with Crippen LogP contribution in [0.1, 0.15) is 80.6 Å². The Morgan fingerprint density at radius 3 is 2.51 bits per heavy atom. The third-order valence-corrected chi connectivity index (χ3v) is 8.31. The molecule has 0 aromatic carbocycles. The summed E-state index contributed by atoms with van der Waals surface area (Å²) in [6.45, 7) is 12.3. The number of alkyl halides is 1. The molecule has 8 nitrogen and oxygen atoms in total. The Bertz CT molecular complexity index is 867. The van der Waals surface area contributed by atoms with Crippen molar-refractivity contribution in [3.05, 3.63) is 36.0 Å². The quantitative estimate of drug-likeness (QED) is 0.123. The van der Waals surface area contributed by atoms with Crippen molar-refractivity contribution in [2.24, 2.45) is 17.8 Å². The summed E-state index contributed by atoms with van der Waals surface area (Å²) in [7, 11) is 0. The van der Waals surface area contributed by atoms with Gasteiger partial charge in [0.15, 0.2) is 0 Å². The van der Waals surface area contributed by atoms with Gasteiger partial charge in [-0.05, 0) is 57.1 Å². The van der Waals surface area contributed by atoms with E-state index in [1.807, 2.05) is 52.8 Å². The van der Waals surface area contributed by atoms with Crippen LogP contribution in [0.4, 0.5) is 0 Å². The predicted molar refractivity (Wildman–Crippen MR) is 155 cm³/mol. The molecule has 0 aliphatic carbocycles. The van der Waals surface area contributed by atoms with Crippen molar-refractivity contribution in [3.63, 3.8) is 0 Å². The third-order valence-electron chi connectivity index (χ3n) is 7.40. The molecule has 39 heavy (non-hydrogen) atoms. The molecular formula is C30H49BrO8. The number of aliphatic hydroxyl groups excluding tert-OH is 3. The topological polar surface area (TPSA) is 134 Å². The molecule has 10 unspecified atom stereocenters. The van der Waals surface area contributed by atoms with Gasteiger partial charge in [-0.25, -0.2) is 0 Å². The van der Waals surface area contributed by atoms with E-state index in [0.717, 1.165) is 5.57 Å². The van der Waals surface area contributed by atoms with Crippen molar-refractivity contribution >= 4 is 27.9 Å². The average molecular weight is 618 g/mol. The molecule has 1 heterocycles. The number of hydrogen-bond acceptors (Lipinski definition) is 8. The van der Waals surface area contributed by atoms with Crippen LogP contribution in [0.2, 0.25) is 0 Å². The Balaban J connectivity index is 3.07. The van der Waals surface area contributed by atoms with Crippen LogP contribution in [0.5, 0.6) is 0 Å². The van der Waals surface area contributed by atoms with Gasteiger partial charge in [0.1, 0.15) is 17.8 Å². The summed E-state index contributed by atoms with van der Waals surface area (Å²) in [6, 6.07) is 0. The number of cyclic esters (lactones) is 1. The molecule has 0 fully saturated rings. The molecule has 0 radical (unpaired) electrons. The number of rotatable bonds is 10. The first-order valence-corrected chi connectivity index (χ1v) is 14.8. The van der Waals surface area contributed by atoms with Crippen molar-refractivity contribution < 1.29 is 39.5 Å². The average Bonchev–Trinajstić information content (AvgIpc) is 2.85. The Labute approximate surface area is 242 Å². The van der Waals surface area contributed by atoms with Crippen LogP contribution in [-0.4, -0.2) is 73.3 Å². The van der Waals surface area contributed by atoms with E-state index in [-0.39, 0.29) is 41.8 Å². The highest BCUT2D eigenvalue weighted by molar-refractivity contribution is 9.09. The van der Waals surface area contributed by atoms with Crippen molar-refractivity contribution in [3.8, 4) is 0 Å². The van der Waals surface area contributed by atoms with E-state index in [9.17, 15) is 30.0 Å². The number of hydrogen-bond donors (Lipinski definition) is 4. The van der Waals surface area contributed by atoms with Crippen LogP contribution in [0, 0.1) is 17.8 Å². The summed E-state index contributed by atoms with van der Waals surface area (Å²) in [5, 5.41) is 41.9. The van der Waals surface area contributed by atoms with Gasteiger partial charge in [-0.15, -0.1) is 0 Å². The molecule has 0 saturated carbocycles. The first-order valence-electron chi connectivity index (χ1n) is 13.9. The lowest BCUT2D eigenvalue weighted by Crippen LogP contribution is -2.42. The van der Waals surface area contributed by atoms with Crippen molar-refractivity contribution in [1.82, 2.24) is 0 Å². The second kappa shape index (κ2) is 16.7. The molecule has 0 aromatic heterocycles. The second-order valence-corrected chi connectivity index (χ2v) is 12.5. The fraction of sp³-hybridized carbons (Fsp3) is 0.733. The maximum atomic E-state index is 12.6. The zero-order chi connectivity index (χ0) is 29.9. The number of carbonyl (C=O) groups excluding carboxylic acids is 2.